The molecule has 3 N–H and O–H groups in total. The minimum atomic E-state index is -0.941. The number of hydrogen-bond acceptors (Lipinski definition) is 3. The van der Waals surface area contributed by atoms with Crippen LogP contribution < -0.4 is 0 Å². The number of fused-ring (bicyclic) bond motifs is 5. The van der Waals surface area contributed by atoms with Crippen LogP contribution in [0.3, 0.4) is 0 Å². The van der Waals surface area contributed by atoms with Gasteiger partial charge in [-0.1, -0.05) is 13.8 Å². The molecule has 9 atom stereocenters. The van der Waals surface area contributed by atoms with Crippen LogP contribution in [-0.4, -0.2) is 33.1 Å². The lowest BCUT2D eigenvalue weighted by atomic mass is 9.44. The Morgan fingerprint density at radius 2 is 1.57 bits per heavy atom. The molecule has 3 heteroatoms. The Bertz CT molecular complexity index is 489. The highest BCUT2D eigenvalue weighted by Crippen LogP contribution is 2.68. The SMILES string of the molecule is CC1(O)[C@@H](O)C[C@@H]2[C@@H]3CC[C@@H]4C[C@@H](O)CC[C@]4(C)[C@@H]3CC[C@@]21C. The molecule has 4 rings (SSSR count). The largest absolute Gasteiger partial charge is 0.393 e. The first kappa shape index (κ1) is 16.4. The number of hydrogen-bond donors (Lipinski definition) is 3. The van der Waals surface area contributed by atoms with E-state index in [0.717, 1.165) is 32.1 Å². The van der Waals surface area contributed by atoms with E-state index in [9.17, 15) is 15.3 Å². The molecule has 0 saturated heterocycles. The van der Waals surface area contributed by atoms with Gasteiger partial charge in [-0.05, 0) is 87.4 Å². The summed E-state index contributed by atoms with van der Waals surface area (Å²) < 4.78 is 0. The molecule has 4 aliphatic rings. The summed E-state index contributed by atoms with van der Waals surface area (Å²) >= 11 is 0. The molecule has 4 fully saturated rings. The molecule has 0 amide bonds. The van der Waals surface area contributed by atoms with Crippen LogP contribution in [0.4, 0.5) is 0 Å². The Morgan fingerprint density at radius 3 is 2.30 bits per heavy atom. The summed E-state index contributed by atoms with van der Waals surface area (Å²) in [4.78, 5) is 0. The van der Waals surface area contributed by atoms with Crippen molar-refractivity contribution in [2.75, 3.05) is 0 Å². The highest BCUT2D eigenvalue weighted by molar-refractivity contribution is 5.15. The molecule has 4 aliphatic carbocycles. The lowest BCUT2D eigenvalue weighted by molar-refractivity contribution is -0.164. The molecule has 0 spiro atoms. The predicted octanol–water partition coefficient (Wildman–Crippen LogP) is 3.11. The van der Waals surface area contributed by atoms with E-state index in [1.165, 1.54) is 19.3 Å². The topological polar surface area (TPSA) is 60.7 Å². The molecule has 4 saturated carbocycles. The molecule has 0 bridgehead atoms. The minimum Gasteiger partial charge on any atom is -0.393 e. The summed E-state index contributed by atoms with van der Waals surface area (Å²) in [5.74, 6) is 2.49. The molecule has 23 heavy (non-hydrogen) atoms. The van der Waals surface area contributed by atoms with Crippen LogP contribution in [0.1, 0.15) is 72.1 Å². The van der Waals surface area contributed by atoms with Crippen molar-refractivity contribution in [1.29, 1.82) is 0 Å². The highest BCUT2D eigenvalue weighted by atomic mass is 16.3. The van der Waals surface area contributed by atoms with Crippen molar-refractivity contribution >= 4 is 0 Å². The van der Waals surface area contributed by atoms with Crippen LogP contribution in [0.5, 0.6) is 0 Å². The molecule has 0 heterocycles. The molecule has 0 aromatic heterocycles. The summed E-state index contributed by atoms with van der Waals surface area (Å²) in [5, 5.41) is 31.5. The van der Waals surface area contributed by atoms with E-state index in [4.69, 9.17) is 0 Å². The van der Waals surface area contributed by atoms with E-state index < -0.39 is 11.7 Å². The molecular weight excluding hydrogens is 288 g/mol. The average molecular weight is 322 g/mol. The Labute approximate surface area is 140 Å². The fraction of sp³-hybridized carbons (Fsp3) is 1.00. The summed E-state index contributed by atoms with van der Waals surface area (Å²) in [6, 6.07) is 0. The summed E-state index contributed by atoms with van der Waals surface area (Å²) in [6.07, 6.45) is 7.87. The second-order valence-corrected chi connectivity index (χ2v) is 9.94. The first-order chi connectivity index (χ1) is 10.7. The van der Waals surface area contributed by atoms with Gasteiger partial charge in [-0.3, -0.25) is 0 Å². The predicted molar refractivity (Wildman–Crippen MR) is 89.7 cm³/mol. The monoisotopic (exact) mass is 322 g/mol. The molecule has 132 valence electrons. The van der Waals surface area contributed by atoms with Crippen molar-refractivity contribution in [2.45, 2.75) is 89.9 Å². The lowest BCUT2D eigenvalue weighted by Gasteiger charge is -2.61. The van der Waals surface area contributed by atoms with Crippen LogP contribution in [0.15, 0.2) is 0 Å². The number of rotatable bonds is 0. The van der Waals surface area contributed by atoms with Gasteiger partial charge in [0, 0.05) is 5.41 Å². The Hall–Kier alpha value is -0.120. The molecule has 0 aromatic rings. The van der Waals surface area contributed by atoms with Gasteiger partial charge in [0.25, 0.3) is 0 Å². The van der Waals surface area contributed by atoms with Gasteiger partial charge < -0.3 is 15.3 Å². The van der Waals surface area contributed by atoms with Crippen molar-refractivity contribution in [2.24, 2.45) is 34.5 Å². The van der Waals surface area contributed by atoms with Gasteiger partial charge in [-0.15, -0.1) is 0 Å². The Balaban J connectivity index is 1.65. The summed E-state index contributed by atoms with van der Waals surface area (Å²) in [5.41, 5.74) is -0.711. The van der Waals surface area contributed by atoms with Gasteiger partial charge in [0.15, 0.2) is 0 Å². The highest BCUT2D eigenvalue weighted by Gasteiger charge is 2.66. The summed E-state index contributed by atoms with van der Waals surface area (Å²) in [7, 11) is 0. The second kappa shape index (κ2) is 4.95. The maximum atomic E-state index is 11.0. The smallest absolute Gasteiger partial charge is 0.0933 e. The lowest BCUT2D eigenvalue weighted by Crippen LogP contribution is -2.57. The van der Waals surface area contributed by atoms with Crippen molar-refractivity contribution < 1.29 is 15.3 Å². The Kier molecular flexibility index (Phi) is 3.52. The van der Waals surface area contributed by atoms with Crippen LogP contribution in [0.25, 0.3) is 0 Å². The third kappa shape index (κ3) is 1.99. The van der Waals surface area contributed by atoms with Gasteiger partial charge in [0.2, 0.25) is 0 Å². The third-order valence-electron chi connectivity index (χ3n) is 9.31. The first-order valence-electron chi connectivity index (χ1n) is 9.78. The second-order valence-electron chi connectivity index (χ2n) is 9.94. The number of aliphatic hydroxyl groups excluding tert-OH is 2. The van der Waals surface area contributed by atoms with Gasteiger partial charge in [0.05, 0.1) is 17.8 Å². The fourth-order valence-corrected chi connectivity index (χ4v) is 7.47. The van der Waals surface area contributed by atoms with E-state index >= 15 is 0 Å². The fourth-order valence-electron chi connectivity index (χ4n) is 7.47. The zero-order valence-corrected chi connectivity index (χ0v) is 15.0. The van der Waals surface area contributed by atoms with E-state index in [1.54, 1.807) is 0 Å². The van der Waals surface area contributed by atoms with Crippen LogP contribution in [-0.2, 0) is 0 Å². The van der Waals surface area contributed by atoms with E-state index in [2.05, 4.69) is 13.8 Å². The van der Waals surface area contributed by atoms with E-state index in [-0.39, 0.29) is 11.5 Å². The standard InChI is InChI=1S/C20H34O3/c1-18-8-6-13(21)10-12(18)4-5-14-15(18)7-9-19(2)16(14)11-17(22)20(19,3)23/h12-17,21-23H,4-11H2,1-3H3/t12-,13+,14-,15-,16-,17+,18+,19+,20?/m1/s1. The normalized spacial score (nSPS) is 62.3. The number of aliphatic hydroxyl groups is 3. The van der Waals surface area contributed by atoms with Crippen molar-refractivity contribution in [1.82, 2.24) is 0 Å². The van der Waals surface area contributed by atoms with Gasteiger partial charge in [-0.2, -0.15) is 0 Å². The molecular formula is C20H34O3. The Morgan fingerprint density at radius 1 is 0.826 bits per heavy atom. The molecule has 0 aromatic carbocycles. The quantitative estimate of drug-likeness (QED) is 0.642. The average Bonchev–Trinajstić information content (AvgIpc) is 2.67. The summed E-state index contributed by atoms with van der Waals surface area (Å²) in [6.45, 7) is 6.57. The zero-order valence-electron chi connectivity index (χ0n) is 15.0. The first-order valence-corrected chi connectivity index (χ1v) is 9.78. The van der Waals surface area contributed by atoms with Crippen LogP contribution >= 0.6 is 0 Å². The third-order valence-corrected chi connectivity index (χ3v) is 9.31. The van der Waals surface area contributed by atoms with Crippen molar-refractivity contribution in [3.63, 3.8) is 0 Å². The van der Waals surface area contributed by atoms with Gasteiger partial charge >= 0.3 is 0 Å². The van der Waals surface area contributed by atoms with E-state index in [1.807, 2.05) is 6.92 Å². The molecule has 0 aliphatic heterocycles. The zero-order chi connectivity index (χ0) is 16.6. The molecule has 0 radical (unpaired) electrons. The van der Waals surface area contributed by atoms with Crippen LogP contribution in [0.2, 0.25) is 0 Å². The van der Waals surface area contributed by atoms with Crippen LogP contribution in [0, 0.1) is 34.5 Å². The minimum absolute atomic E-state index is 0.0903. The molecule has 1 unspecified atom stereocenters. The maximum Gasteiger partial charge on any atom is 0.0933 e. The van der Waals surface area contributed by atoms with Crippen molar-refractivity contribution in [3.8, 4) is 0 Å². The van der Waals surface area contributed by atoms with Crippen molar-refractivity contribution in [3.05, 3.63) is 0 Å². The van der Waals surface area contributed by atoms with Gasteiger partial charge in [-0.25, -0.2) is 0 Å². The molecule has 3 nitrogen and oxygen atoms in total. The maximum absolute atomic E-state index is 11.0. The van der Waals surface area contributed by atoms with E-state index in [0.29, 0.717) is 29.1 Å². The van der Waals surface area contributed by atoms with Gasteiger partial charge in [0.1, 0.15) is 0 Å².